The van der Waals surface area contributed by atoms with E-state index in [1.165, 1.54) is 0 Å². The van der Waals surface area contributed by atoms with Crippen molar-refractivity contribution in [1.29, 1.82) is 0 Å². The predicted molar refractivity (Wildman–Crippen MR) is 103 cm³/mol. The Hall–Kier alpha value is -1.83. The predicted octanol–water partition coefficient (Wildman–Crippen LogP) is 2.20. The van der Waals surface area contributed by atoms with Crippen LogP contribution >= 0.6 is 0 Å². The molecule has 160 valence electrons. The summed E-state index contributed by atoms with van der Waals surface area (Å²) in [5.41, 5.74) is -0.545. The van der Waals surface area contributed by atoms with E-state index in [0.717, 1.165) is 0 Å². The van der Waals surface area contributed by atoms with Crippen LogP contribution in [0.2, 0.25) is 0 Å². The lowest BCUT2D eigenvalue weighted by Gasteiger charge is -2.36. The molecule has 0 aliphatic carbocycles. The summed E-state index contributed by atoms with van der Waals surface area (Å²) in [5, 5.41) is 0. The van der Waals surface area contributed by atoms with Crippen molar-refractivity contribution in [3.8, 4) is 0 Å². The van der Waals surface area contributed by atoms with Crippen LogP contribution in [0.25, 0.3) is 0 Å². The lowest BCUT2D eigenvalue weighted by atomic mass is 9.97. The first-order valence-corrected chi connectivity index (χ1v) is 10.1. The molecule has 8 nitrogen and oxygen atoms in total. The van der Waals surface area contributed by atoms with Crippen LogP contribution in [0, 0.1) is 5.92 Å². The molecule has 2 amide bonds. The van der Waals surface area contributed by atoms with Crippen LogP contribution in [0.4, 0.5) is 4.79 Å². The number of piperidine rings is 1. The minimum atomic E-state index is -0.825. The van der Waals surface area contributed by atoms with Gasteiger partial charge in [0, 0.05) is 26.2 Å². The van der Waals surface area contributed by atoms with Crippen LogP contribution in [-0.2, 0) is 23.8 Å². The van der Waals surface area contributed by atoms with Crippen molar-refractivity contribution in [3.05, 3.63) is 0 Å². The molecule has 2 aliphatic rings. The SMILES string of the molecule is CC1CN(C(=O)C(C)OC(=O)C2CCN(C(=O)OC(C)(C)C)CC2)CC(C)O1. The number of hydrogen-bond acceptors (Lipinski definition) is 6. The van der Waals surface area contributed by atoms with Gasteiger partial charge in [-0.25, -0.2) is 4.79 Å². The summed E-state index contributed by atoms with van der Waals surface area (Å²) in [7, 11) is 0. The molecule has 3 unspecified atom stereocenters. The van der Waals surface area contributed by atoms with E-state index in [0.29, 0.717) is 39.0 Å². The molecule has 2 heterocycles. The molecule has 2 aliphatic heterocycles. The Morgan fingerprint density at radius 3 is 2.04 bits per heavy atom. The first-order chi connectivity index (χ1) is 13.0. The highest BCUT2D eigenvalue weighted by Crippen LogP contribution is 2.22. The van der Waals surface area contributed by atoms with E-state index in [1.54, 1.807) is 16.7 Å². The Balaban J connectivity index is 1.80. The summed E-state index contributed by atoms with van der Waals surface area (Å²) in [6.07, 6.45) is -0.247. The molecule has 0 spiro atoms. The molecule has 2 rings (SSSR count). The van der Waals surface area contributed by atoms with Crippen molar-refractivity contribution in [1.82, 2.24) is 9.80 Å². The molecule has 2 saturated heterocycles. The van der Waals surface area contributed by atoms with Gasteiger partial charge in [-0.3, -0.25) is 9.59 Å². The number of hydrogen-bond donors (Lipinski definition) is 0. The van der Waals surface area contributed by atoms with Gasteiger partial charge < -0.3 is 24.0 Å². The van der Waals surface area contributed by atoms with E-state index in [4.69, 9.17) is 14.2 Å². The summed E-state index contributed by atoms with van der Waals surface area (Å²) in [4.78, 5) is 40.5. The molecule has 2 fully saturated rings. The molecule has 0 aromatic heterocycles. The third-order valence-corrected chi connectivity index (χ3v) is 4.85. The van der Waals surface area contributed by atoms with Gasteiger partial charge in [-0.2, -0.15) is 0 Å². The van der Waals surface area contributed by atoms with Gasteiger partial charge in [-0.15, -0.1) is 0 Å². The van der Waals surface area contributed by atoms with E-state index in [9.17, 15) is 14.4 Å². The first kappa shape index (κ1) is 22.5. The van der Waals surface area contributed by atoms with Gasteiger partial charge in [0.05, 0.1) is 18.1 Å². The Kier molecular flexibility index (Phi) is 7.31. The molecule has 28 heavy (non-hydrogen) atoms. The average molecular weight is 399 g/mol. The minimum Gasteiger partial charge on any atom is -0.452 e. The first-order valence-electron chi connectivity index (χ1n) is 10.1. The highest BCUT2D eigenvalue weighted by atomic mass is 16.6. The standard InChI is InChI=1S/C20H34N2O6/c1-13-11-22(12-14(2)26-13)17(23)15(3)27-18(24)16-7-9-21(10-8-16)19(25)28-20(4,5)6/h13-16H,7-12H2,1-6H3. The van der Waals surface area contributed by atoms with E-state index in [1.807, 2.05) is 34.6 Å². The fourth-order valence-corrected chi connectivity index (χ4v) is 3.56. The van der Waals surface area contributed by atoms with E-state index in [2.05, 4.69) is 0 Å². The molecule has 0 aromatic rings. The van der Waals surface area contributed by atoms with Crippen molar-refractivity contribution in [2.24, 2.45) is 5.92 Å². The van der Waals surface area contributed by atoms with Gasteiger partial charge in [0.2, 0.25) is 0 Å². The largest absolute Gasteiger partial charge is 0.452 e. The normalized spacial score (nSPS) is 25.2. The number of carbonyl (C=O) groups is 3. The van der Waals surface area contributed by atoms with Crippen LogP contribution < -0.4 is 0 Å². The second-order valence-electron chi connectivity index (χ2n) is 8.82. The maximum Gasteiger partial charge on any atom is 0.410 e. The Bertz CT molecular complexity index is 570. The number of ether oxygens (including phenoxy) is 3. The van der Waals surface area contributed by atoms with Crippen LogP contribution in [0.1, 0.15) is 54.4 Å². The molecule has 0 saturated carbocycles. The molecule has 0 N–H and O–H groups in total. The number of amides is 2. The Labute approximate surface area is 167 Å². The van der Waals surface area contributed by atoms with Crippen LogP contribution in [0.15, 0.2) is 0 Å². The summed E-state index contributed by atoms with van der Waals surface area (Å²) in [5.74, 6) is -0.878. The number of carbonyl (C=O) groups excluding carboxylic acids is 3. The van der Waals surface area contributed by atoms with Gasteiger partial charge in [0.25, 0.3) is 5.91 Å². The minimum absolute atomic E-state index is 0.0345. The second kappa shape index (κ2) is 9.11. The second-order valence-corrected chi connectivity index (χ2v) is 8.82. The van der Waals surface area contributed by atoms with Crippen molar-refractivity contribution in [2.75, 3.05) is 26.2 Å². The smallest absolute Gasteiger partial charge is 0.410 e. The summed E-state index contributed by atoms with van der Waals surface area (Å²) in [6.45, 7) is 12.8. The Morgan fingerprint density at radius 1 is 1.00 bits per heavy atom. The lowest BCUT2D eigenvalue weighted by molar-refractivity contribution is -0.168. The highest BCUT2D eigenvalue weighted by molar-refractivity contribution is 5.84. The van der Waals surface area contributed by atoms with Gasteiger partial charge in [0.1, 0.15) is 5.60 Å². The third-order valence-electron chi connectivity index (χ3n) is 4.85. The number of nitrogens with zero attached hydrogens (tertiary/aromatic N) is 2. The van der Waals surface area contributed by atoms with Crippen molar-refractivity contribution in [3.63, 3.8) is 0 Å². The van der Waals surface area contributed by atoms with Crippen LogP contribution in [0.3, 0.4) is 0 Å². The van der Waals surface area contributed by atoms with Gasteiger partial charge in [-0.1, -0.05) is 0 Å². The molecule has 0 radical (unpaired) electrons. The fourth-order valence-electron chi connectivity index (χ4n) is 3.56. The number of rotatable bonds is 3. The lowest BCUT2D eigenvalue weighted by Crippen LogP contribution is -2.51. The van der Waals surface area contributed by atoms with Crippen molar-refractivity contribution < 1.29 is 28.6 Å². The van der Waals surface area contributed by atoms with Gasteiger partial charge in [0.15, 0.2) is 6.10 Å². The van der Waals surface area contributed by atoms with Crippen molar-refractivity contribution in [2.45, 2.75) is 78.3 Å². The van der Waals surface area contributed by atoms with Gasteiger partial charge in [-0.05, 0) is 54.4 Å². The average Bonchev–Trinajstić information content (AvgIpc) is 2.58. The zero-order chi connectivity index (χ0) is 21.1. The Morgan fingerprint density at radius 2 is 1.54 bits per heavy atom. The molecular weight excluding hydrogens is 364 g/mol. The van der Waals surface area contributed by atoms with E-state index < -0.39 is 11.7 Å². The fraction of sp³-hybridized carbons (Fsp3) is 0.850. The zero-order valence-electron chi connectivity index (χ0n) is 17.9. The maximum absolute atomic E-state index is 12.6. The molecule has 0 bridgehead atoms. The zero-order valence-corrected chi connectivity index (χ0v) is 17.9. The molecule has 8 heteroatoms. The number of esters is 1. The topological polar surface area (TPSA) is 85.4 Å². The van der Waals surface area contributed by atoms with Crippen LogP contribution in [0.5, 0.6) is 0 Å². The molecular formula is C20H34N2O6. The van der Waals surface area contributed by atoms with Gasteiger partial charge >= 0.3 is 12.1 Å². The summed E-state index contributed by atoms with van der Waals surface area (Å²) >= 11 is 0. The number of likely N-dealkylation sites (tertiary alicyclic amines) is 1. The monoisotopic (exact) mass is 398 g/mol. The molecule has 3 atom stereocenters. The van der Waals surface area contributed by atoms with Crippen LogP contribution in [-0.4, -0.2) is 77.9 Å². The number of morpholine rings is 1. The molecule has 0 aromatic carbocycles. The van der Waals surface area contributed by atoms with E-state index in [-0.39, 0.29) is 36.1 Å². The third kappa shape index (κ3) is 6.36. The highest BCUT2D eigenvalue weighted by Gasteiger charge is 2.34. The summed E-state index contributed by atoms with van der Waals surface area (Å²) in [6, 6.07) is 0. The maximum atomic E-state index is 12.6. The van der Waals surface area contributed by atoms with Crippen molar-refractivity contribution >= 4 is 18.0 Å². The summed E-state index contributed by atoms with van der Waals surface area (Å²) < 4.78 is 16.4. The van der Waals surface area contributed by atoms with E-state index >= 15 is 0 Å². The quantitative estimate of drug-likeness (QED) is 0.678.